The highest BCUT2D eigenvalue weighted by molar-refractivity contribution is 4.72. The van der Waals surface area contributed by atoms with E-state index in [0.717, 1.165) is 25.5 Å². The lowest BCUT2D eigenvalue weighted by molar-refractivity contribution is 0.0278. The summed E-state index contributed by atoms with van der Waals surface area (Å²) in [6, 6.07) is 0.509. The van der Waals surface area contributed by atoms with E-state index in [9.17, 15) is 0 Å². The molecule has 0 heterocycles. The number of hydrogen-bond acceptors (Lipinski definition) is 2. The van der Waals surface area contributed by atoms with Crippen molar-refractivity contribution in [3.8, 4) is 0 Å². The van der Waals surface area contributed by atoms with Gasteiger partial charge in [0.05, 0.1) is 12.7 Å². The summed E-state index contributed by atoms with van der Waals surface area (Å²) >= 11 is 0. The lowest BCUT2D eigenvalue weighted by Gasteiger charge is -2.26. The van der Waals surface area contributed by atoms with E-state index in [2.05, 4.69) is 46.9 Å². The Labute approximate surface area is 109 Å². The van der Waals surface area contributed by atoms with Gasteiger partial charge in [-0.05, 0) is 38.1 Å². The lowest BCUT2D eigenvalue weighted by Crippen LogP contribution is -2.40. The molecule has 0 rings (SSSR count). The van der Waals surface area contributed by atoms with Crippen molar-refractivity contribution < 1.29 is 4.74 Å². The van der Waals surface area contributed by atoms with Gasteiger partial charge in [-0.1, -0.05) is 41.0 Å². The maximum Gasteiger partial charge on any atom is 0.0625 e. The normalized spacial score (nSPS) is 17.1. The molecule has 104 valence electrons. The van der Waals surface area contributed by atoms with Gasteiger partial charge in [-0.3, -0.25) is 0 Å². The molecule has 0 aromatic rings. The molecule has 0 bridgehead atoms. The first-order valence-corrected chi connectivity index (χ1v) is 7.36. The van der Waals surface area contributed by atoms with E-state index in [1.807, 2.05) is 0 Å². The highest BCUT2D eigenvalue weighted by Gasteiger charge is 2.16. The quantitative estimate of drug-likeness (QED) is 0.629. The van der Waals surface area contributed by atoms with Crippen LogP contribution in [0.4, 0.5) is 0 Å². The van der Waals surface area contributed by atoms with Gasteiger partial charge in [-0.25, -0.2) is 0 Å². The van der Waals surface area contributed by atoms with Gasteiger partial charge in [-0.15, -0.1) is 0 Å². The van der Waals surface area contributed by atoms with Crippen LogP contribution in [-0.2, 0) is 4.74 Å². The molecule has 1 N–H and O–H groups in total. The van der Waals surface area contributed by atoms with Crippen LogP contribution in [-0.4, -0.2) is 25.3 Å². The average molecular weight is 243 g/mol. The first-order chi connectivity index (χ1) is 8.01. The molecule has 0 aliphatic heterocycles. The Morgan fingerprint density at radius 1 is 1.06 bits per heavy atom. The first-order valence-electron chi connectivity index (χ1n) is 7.36. The third-order valence-corrected chi connectivity index (χ3v) is 3.35. The molecule has 0 saturated heterocycles. The van der Waals surface area contributed by atoms with Crippen LogP contribution in [0, 0.1) is 11.8 Å². The first kappa shape index (κ1) is 16.9. The Balaban J connectivity index is 3.97. The van der Waals surface area contributed by atoms with Crippen molar-refractivity contribution in [2.24, 2.45) is 11.8 Å². The smallest absolute Gasteiger partial charge is 0.0625 e. The van der Waals surface area contributed by atoms with Crippen LogP contribution >= 0.6 is 0 Å². The van der Waals surface area contributed by atoms with Gasteiger partial charge in [0.2, 0.25) is 0 Å². The molecule has 0 aromatic carbocycles. The lowest BCUT2D eigenvalue weighted by atomic mass is 9.99. The molecular weight excluding hydrogens is 210 g/mol. The SMILES string of the molecule is CCCNC(COC(C)CC(C)C)C(C)CC. The predicted molar refractivity (Wildman–Crippen MR) is 76.4 cm³/mol. The zero-order valence-corrected chi connectivity index (χ0v) is 12.8. The van der Waals surface area contributed by atoms with Crippen LogP contribution in [0.1, 0.15) is 60.8 Å². The Morgan fingerprint density at radius 3 is 2.18 bits per heavy atom. The standard InChI is InChI=1S/C15H33NO/c1-7-9-16-15(13(5)8-2)11-17-14(6)10-12(3)4/h12-16H,7-11H2,1-6H3. The minimum absolute atomic E-state index is 0.380. The Bertz CT molecular complexity index is 170. The van der Waals surface area contributed by atoms with Gasteiger partial charge in [0.25, 0.3) is 0 Å². The summed E-state index contributed by atoms with van der Waals surface area (Å²) in [7, 11) is 0. The number of hydrogen-bond donors (Lipinski definition) is 1. The molecule has 0 saturated carbocycles. The summed E-state index contributed by atoms with van der Waals surface area (Å²) in [6.45, 7) is 15.4. The van der Waals surface area contributed by atoms with Crippen molar-refractivity contribution in [2.45, 2.75) is 73.0 Å². The third-order valence-electron chi connectivity index (χ3n) is 3.35. The van der Waals surface area contributed by atoms with Crippen molar-refractivity contribution in [3.63, 3.8) is 0 Å². The molecule has 0 spiro atoms. The number of rotatable bonds is 10. The molecule has 3 atom stereocenters. The summed E-state index contributed by atoms with van der Waals surface area (Å²) < 4.78 is 5.97. The third kappa shape index (κ3) is 8.62. The van der Waals surface area contributed by atoms with Crippen molar-refractivity contribution in [2.75, 3.05) is 13.2 Å². The Kier molecular flexibility index (Phi) is 9.85. The van der Waals surface area contributed by atoms with Crippen molar-refractivity contribution in [1.29, 1.82) is 0 Å². The van der Waals surface area contributed by atoms with Gasteiger partial charge in [0.1, 0.15) is 0 Å². The maximum atomic E-state index is 5.97. The summed E-state index contributed by atoms with van der Waals surface area (Å²) in [4.78, 5) is 0. The molecule has 2 nitrogen and oxygen atoms in total. The van der Waals surface area contributed by atoms with Crippen LogP contribution in [0.5, 0.6) is 0 Å². The molecule has 0 aliphatic rings. The van der Waals surface area contributed by atoms with Gasteiger partial charge >= 0.3 is 0 Å². The second-order valence-electron chi connectivity index (χ2n) is 5.72. The number of ether oxygens (including phenoxy) is 1. The number of nitrogens with one attached hydrogen (secondary N) is 1. The van der Waals surface area contributed by atoms with Crippen molar-refractivity contribution >= 4 is 0 Å². The van der Waals surface area contributed by atoms with E-state index in [-0.39, 0.29) is 0 Å². The highest BCUT2D eigenvalue weighted by Crippen LogP contribution is 2.12. The molecule has 0 aromatic heterocycles. The minimum Gasteiger partial charge on any atom is -0.377 e. The van der Waals surface area contributed by atoms with E-state index >= 15 is 0 Å². The van der Waals surface area contributed by atoms with Gasteiger partial charge in [-0.2, -0.15) is 0 Å². The largest absolute Gasteiger partial charge is 0.377 e. The second-order valence-corrected chi connectivity index (χ2v) is 5.72. The van der Waals surface area contributed by atoms with Gasteiger partial charge in [0, 0.05) is 6.04 Å². The van der Waals surface area contributed by atoms with Crippen molar-refractivity contribution in [1.82, 2.24) is 5.32 Å². The second kappa shape index (κ2) is 9.90. The zero-order valence-electron chi connectivity index (χ0n) is 12.8. The van der Waals surface area contributed by atoms with E-state index in [1.54, 1.807) is 0 Å². The molecular formula is C15H33NO. The van der Waals surface area contributed by atoms with Crippen LogP contribution in [0.3, 0.4) is 0 Å². The van der Waals surface area contributed by atoms with Gasteiger partial charge < -0.3 is 10.1 Å². The molecule has 2 heteroatoms. The minimum atomic E-state index is 0.380. The fourth-order valence-electron chi connectivity index (χ4n) is 2.04. The molecule has 3 unspecified atom stereocenters. The van der Waals surface area contributed by atoms with E-state index in [4.69, 9.17) is 4.74 Å². The fraction of sp³-hybridized carbons (Fsp3) is 1.00. The fourth-order valence-corrected chi connectivity index (χ4v) is 2.04. The molecule has 17 heavy (non-hydrogen) atoms. The Hall–Kier alpha value is -0.0800. The Morgan fingerprint density at radius 2 is 1.71 bits per heavy atom. The van der Waals surface area contributed by atoms with Crippen LogP contribution in [0.15, 0.2) is 0 Å². The van der Waals surface area contributed by atoms with Crippen molar-refractivity contribution in [3.05, 3.63) is 0 Å². The molecule has 0 aliphatic carbocycles. The summed E-state index contributed by atoms with van der Waals surface area (Å²) in [5, 5.41) is 3.60. The molecule has 0 amide bonds. The summed E-state index contributed by atoms with van der Waals surface area (Å²) in [5.41, 5.74) is 0. The zero-order chi connectivity index (χ0) is 13.3. The topological polar surface area (TPSA) is 21.3 Å². The monoisotopic (exact) mass is 243 g/mol. The summed E-state index contributed by atoms with van der Waals surface area (Å²) in [6.07, 6.45) is 3.93. The van der Waals surface area contributed by atoms with E-state index < -0.39 is 0 Å². The van der Waals surface area contributed by atoms with E-state index in [0.29, 0.717) is 18.1 Å². The molecule has 0 fully saturated rings. The van der Waals surface area contributed by atoms with Crippen LogP contribution in [0.2, 0.25) is 0 Å². The van der Waals surface area contributed by atoms with Gasteiger partial charge in [0.15, 0.2) is 0 Å². The summed E-state index contributed by atoms with van der Waals surface area (Å²) in [5.74, 6) is 1.41. The maximum absolute atomic E-state index is 5.97. The average Bonchev–Trinajstić information content (AvgIpc) is 2.27. The predicted octanol–water partition coefficient (Wildman–Crippen LogP) is 3.85. The van der Waals surface area contributed by atoms with Crippen LogP contribution in [0.25, 0.3) is 0 Å². The van der Waals surface area contributed by atoms with Crippen LogP contribution < -0.4 is 5.32 Å². The highest BCUT2D eigenvalue weighted by atomic mass is 16.5. The molecule has 0 radical (unpaired) electrons. The van der Waals surface area contributed by atoms with E-state index in [1.165, 1.54) is 12.8 Å².